The molecular weight excluding hydrogens is 306 g/mol. The van der Waals surface area contributed by atoms with Crippen LogP contribution in [0.25, 0.3) is 0 Å². The third-order valence-electron chi connectivity index (χ3n) is 4.12. The van der Waals surface area contributed by atoms with Crippen molar-refractivity contribution in [1.82, 2.24) is 5.32 Å². The summed E-state index contributed by atoms with van der Waals surface area (Å²) >= 11 is 0. The van der Waals surface area contributed by atoms with Gasteiger partial charge in [0.05, 0.1) is 6.10 Å². The average molecular weight is 327 g/mol. The third kappa shape index (κ3) is 3.51. The van der Waals surface area contributed by atoms with Crippen molar-refractivity contribution in [2.75, 3.05) is 13.3 Å². The summed E-state index contributed by atoms with van der Waals surface area (Å²) in [5, 5.41) is 13.2. The normalized spacial score (nSPS) is 13.6. The molecule has 0 fully saturated rings. The topological polar surface area (TPSA) is 67.8 Å². The zero-order valence-corrected chi connectivity index (χ0v) is 13.8. The standard InChI is InChI=1S/C19H21NO4/c1-12-3-4-13(2)15(9-12)19(22)20-8-7-16(21)14-5-6-17-18(10-14)24-11-23-17/h3-6,9-10,16,21H,7-8,11H2,1-2H3,(H,20,22)/t16-/m0/s1. The van der Waals surface area contributed by atoms with E-state index in [9.17, 15) is 9.90 Å². The molecule has 0 aliphatic carbocycles. The summed E-state index contributed by atoms with van der Waals surface area (Å²) in [6.07, 6.45) is -0.241. The number of ether oxygens (including phenoxy) is 2. The number of aliphatic hydroxyl groups excluding tert-OH is 1. The van der Waals surface area contributed by atoms with Crippen LogP contribution in [0.1, 0.15) is 39.6 Å². The minimum atomic E-state index is -0.668. The van der Waals surface area contributed by atoms with Gasteiger partial charge in [0.15, 0.2) is 11.5 Å². The Bertz CT molecular complexity index is 757. The van der Waals surface area contributed by atoms with Crippen LogP contribution in [-0.4, -0.2) is 24.4 Å². The molecule has 0 aromatic heterocycles. The molecule has 1 aliphatic rings. The molecule has 126 valence electrons. The molecule has 1 atom stereocenters. The van der Waals surface area contributed by atoms with Crippen molar-refractivity contribution < 1.29 is 19.4 Å². The van der Waals surface area contributed by atoms with E-state index in [1.165, 1.54) is 0 Å². The van der Waals surface area contributed by atoms with Crippen molar-refractivity contribution in [3.05, 3.63) is 58.7 Å². The highest BCUT2D eigenvalue weighted by Gasteiger charge is 2.17. The van der Waals surface area contributed by atoms with Gasteiger partial charge < -0.3 is 19.9 Å². The van der Waals surface area contributed by atoms with E-state index in [0.29, 0.717) is 30.0 Å². The van der Waals surface area contributed by atoms with Gasteiger partial charge in [-0.2, -0.15) is 0 Å². The molecule has 3 rings (SSSR count). The molecule has 0 saturated carbocycles. The number of aliphatic hydroxyl groups is 1. The zero-order valence-electron chi connectivity index (χ0n) is 13.8. The molecule has 2 N–H and O–H groups in total. The predicted octanol–water partition coefficient (Wildman–Crippen LogP) is 2.89. The number of hydrogen-bond acceptors (Lipinski definition) is 4. The molecule has 0 bridgehead atoms. The van der Waals surface area contributed by atoms with E-state index < -0.39 is 6.10 Å². The van der Waals surface area contributed by atoms with Crippen molar-refractivity contribution in [3.63, 3.8) is 0 Å². The lowest BCUT2D eigenvalue weighted by Gasteiger charge is -2.13. The van der Waals surface area contributed by atoms with Crippen molar-refractivity contribution in [1.29, 1.82) is 0 Å². The Hall–Kier alpha value is -2.53. The van der Waals surface area contributed by atoms with Gasteiger partial charge in [0.1, 0.15) is 0 Å². The van der Waals surface area contributed by atoms with Gasteiger partial charge >= 0.3 is 0 Å². The molecule has 5 heteroatoms. The number of carbonyl (C=O) groups excluding carboxylic acids is 1. The number of benzene rings is 2. The second kappa shape index (κ2) is 6.93. The van der Waals surface area contributed by atoms with Crippen LogP contribution < -0.4 is 14.8 Å². The van der Waals surface area contributed by atoms with Crippen molar-refractivity contribution in [2.45, 2.75) is 26.4 Å². The van der Waals surface area contributed by atoms with Gasteiger partial charge in [-0.1, -0.05) is 23.8 Å². The molecule has 0 unspecified atom stereocenters. The number of nitrogens with one attached hydrogen (secondary N) is 1. The van der Waals surface area contributed by atoms with Crippen LogP contribution in [0.3, 0.4) is 0 Å². The summed E-state index contributed by atoms with van der Waals surface area (Å²) < 4.78 is 10.6. The fourth-order valence-corrected chi connectivity index (χ4v) is 2.69. The largest absolute Gasteiger partial charge is 0.454 e. The first-order valence-corrected chi connectivity index (χ1v) is 7.97. The maximum Gasteiger partial charge on any atom is 0.251 e. The highest BCUT2D eigenvalue weighted by Crippen LogP contribution is 2.34. The van der Waals surface area contributed by atoms with E-state index in [4.69, 9.17) is 9.47 Å². The quantitative estimate of drug-likeness (QED) is 0.886. The molecule has 2 aromatic rings. The number of hydrogen-bond donors (Lipinski definition) is 2. The van der Waals surface area contributed by atoms with E-state index in [0.717, 1.165) is 16.7 Å². The summed E-state index contributed by atoms with van der Waals surface area (Å²) in [4.78, 5) is 12.3. The van der Waals surface area contributed by atoms with Gasteiger partial charge in [0, 0.05) is 12.1 Å². The minimum Gasteiger partial charge on any atom is -0.454 e. The molecule has 1 amide bonds. The van der Waals surface area contributed by atoms with Crippen LogP contribution in [0.4, 0.5) is 0 Å². The van der Waals surface area contributed by atoms with Crippen LogP contribution in [0, 0.1) is 13.8 Å². The highest BCUT2D eigenvalue weighted by molar-refractivity contribution is 5.95. The summed E-state index contributed by atoms with van der Waals surface area (Å²) in [6.45, 7) is 4.47. The number of aryl methyl sites for hydroxylation is 2. The summed E-state index contributed by atoms with van der Waals surface area (Å²) in [6, 6.07) is 11.2. The summed E-state index contributed by atoms with van der Waals surface area (Å²) in [5.41, 5.74) is 3.41. The van der Waals surface area contributed by atoms with Gasteiger partial charge in [-0.3, -0.25) is 4.79 Å². The van der Waals surface area contributed by atoms with Crippen LogP contribution in [0.5, 0.6) is 11.5 Å². The maximum atomic E-state index is 12.3. The van der Waals surface area contributed by atoms with Gasteiger partial charge in [-0.15, -0.1) is 0 Å². The Morgan fingerprint density at radius 1 is 1.17 bits per heavy atom. The van der Waals surface area contributed by atoms with Crippen molar-refractivity contribution in [3.8, 4) is 11.5 Å². The molecule has 0 radical (unpaired) electrons. The second-order valence-corrected chi connectivity index (χ2v) is 5.99. The molecular formula is C19H21NO4. The lowest BCUT2D eigenvalue weighted by Crippen LogP contribution is -2.26. The first kappa shape index (κ1) is 16.3. The number of carbonyl (C=O) groups is 1. The third-order valence-corrected chi connectivity index (χ3v) is 4.12. The highest BCUT2D eigenvalue weighted by atomic mass is 16.7. The Balaban J connectivity index is 1.56. The maximum absolute atomic E-state index is 12.3. The van der Waals surface area contributed by atoms with E-state index in [1.807, 2.05) is 38.1 Å². The first-order chi connectivity index (χ1) is 11.5. The molecule has 0 spiro atoms. The fourth-order valence-electron chi connectivity index (χ4n) is 2.69. The molecule has 1 aliphatic heterocycles. The molecule has 2 aromatic carbocycles. The molecule has 5 nitrogen and oxygen atoms in total. The van der Waals surface area contributed by atoms with Crippen molar-refractivity contribution >= 4 is 5.91 Å². The van der Waals surface area contributed by atoms with Crippen LogP contribution in [0.15, 0.2) is 36.4 Å². The van der Waals surface area contributed by atoms with Crippen LogP contribution in [0.2, 0.25) is 0 Å². The van der Waals surface area contributed by atoms with E-state index in [-0.39, 0.29) is 12.7 Å². The van der Waals surface area contributed by atoms with Crippen LogP contribution in [-0.2, 0) is 0 Å². The average Bonchev–Trinajstić information content (AvgIpc) is 3.04. The SMILES string of the molecule is Cc1ccc(C)c(C(=O)NCC[C@H](O)c2ccc3c(c2)OCO3)c1. The minimum absolute atomic E-state index is 0.117. The van der Waals surface area contributed by atoms with E-state index in [1.54, 1.807) is 12.1 Å². The van der Waals surface area contributed by atoms with Gasteiger partial charge in [-0.05, 0) is 49.6 Å². The fraction of sp³-hybridized carbons (Fsp3) is 0.316. The first-order valence-electron chi connectivity index (χ1n) is 7.97. The van der Waals surface area contributed by atoms with E-state index in [2.05, 4.69) is 5.32 Å². The molecule has 24 heavy (non-hydrogen) atoms. The summed E-state index contributed by atoms with van der Waals surface area (Å²) in [7, 11) is 0. The Labute approximate surface area is 141 Å². The number of rotatable bonds is 5. The van der Waals surface area contributed by atoms with E-state index >= 15 is 0 Å². The lowest BCUT2D eigenvalue weighted by atomic mass is 10.0. The second-order valence-electron chi connectivity index (χ2n) is 5.99. The van der Waals surface area contributed by atoms with Gasteiger partial charge in [-0.25, -0.2) is 0 Å². The van der Waals surface area contributed by atoms with Crippen molar-refractivity contribution in [2.24, 2.45) is 0 Å². The monoisotopic (exact) mass is 327 g/mol. The smallest absolute Gasteiger partial charge is 0.251 e. The molecule has 1 heterocycles. The predicted molar refractivity (Wildman–Crippen MR) is 90.4 cm³/mol. The summed E-state index contributed by atoms with van der Waals surface area (Å²) in [5.74, 6) is 1.22. The Morgan fingerprint density at radius 2 is 1.96 bits per heavy atom. The van der Waals surface area contributed by atoms with Gasteiger partial charge in [0.2, 0.25) is 6.79 Å². The lowest BCUT2D eigenvalue weighted by molar-refractivity contribution is 0.0942. The zero-order chi connectivity index (χ0) is 17.1. The number of amides is 1. The van der Waals surface area contributed by atoms with Gasteiger partial charge in [0.25, 0.3) is 5.91 Å². The Morgan fingerprint density at radius 3 is 2.79 bits per heavy atom. The Kier molecular flexibility index (Phi) is 4.71. The van der Waals surface area contributed by atoms with Crippen LogP contribution >= 0.6 is 0 Å². The number of fused-ring (bicyclic) bond motifs is 1. The molecule has 0 saturated heterocycles.